The summed E-state index contributed by atoms with van der Waals surface area (Å²) in [6.07, 6.45) is 5.54. The molecular weight excluding hydrogens is 310 g/mol. The molecule has 0 saturated carbocycles. The zero-order valence-electron chi connectivity index (χ0n) is 14.4. The first kappa shape index (κ1) is 17.6. The Labute approximate surface area is 144 Å². The fourth-order valence-corrected chi connectivity index (χ4v) is 5.51. The lowest BCUT2D eigenvalue weighted by molar-refractivity contribution is -0.143. The molecule has 1 amide bonds. The van der Waals surface area contributed by atoms with Crippen LogP contribution >= 0.6 is 11.8 Å². The van der Waals surface area contributed by atoms with Gasteiger partial charge in [0.15, 0.2) is 0 Å². The van der Waals surface area contributed by atoms with Gasteiger partial charge in [-0.3, -0.25) is 4.79 Å². The Morgan fingerprint density at radius 3 is 2.70 bits per heavy atom. The molecule has 0 aromatic heterocycles. The Morgan fingerprint density at radius 2 is 2.00 bits per heavy atom. The summed E-state index contributed by atoms with van der Waals surface area (Å²) in [5, 5.41) is 0. The Balaban J connectivity index is 1.56. The highest BCUT2D eigenvalue weighted by Crippen LogP contribution is 2.45. The van der Waals surface area contributed by atoms with Crippen LogP contribution < -0.4 is 0 Å². The van der Waals surface area contributed by atoms with Gasteiger partial charge in [0.1, 0.15) is 0 Å². The average molecular weight is 342 g/mol. The van der Waals surface area contributed by atoms with Gasteiger partial charge in [-0.2, -0.15) is 11.8 Å². The van der Waals surface area contributed by atoms with Crippen molar-refractivity contribution in [3.63, 3.8) is 0 Å². The van der Waals surface area contributed by atoms with Crippen molar-refractivity contribution in [2.75, 3.05) is 51.0 Å². The fourth-order valence-electron chi connectivity index (χ4n) is 4.40. The smallest absolute Gasteiger partial charge is 0.225 e. The van der Waals surface area contributed by atoms with Crippen molar-refractivity contribution < 1.29 is 14.3 Å². The summed E-state index contributed by atoms with van der Waals surface area (Å²) in [6.45, 7) is 7.21. The molecule has 0 bridgehead atoms. The largest absolute Gasteiger partial charge is 0.381 e. The zero-order valence-corrected chi connectivity index (χ0v) is 15.2. The van der Waals surface area contributed by atoms with E-state index in [-0.39, 0.29) is 0 Å². The topological polar surface area (TPSA) is 38.8 Å². The van der Waals surface area contributed by atoms with Crippen LogP contribution in [0.25, 0.3) is 0 Å². The molecule has 0 aliphatic carbocycles. The van der Waals surface area contributed by atoms with E-state index in [0.717, 1.165) is 83.1 Å². The predicted molar refractivity (Wildman–Crippen MR) is 93.7 cm³/mol. The second kappa shape index (κ2) is 8.21. The Hall–Kier alpha value is -0.260. The highest BCUT2D eigenvalue weighted by atomic mass is 32.2. The molecule has 132 valence electrons. The lowest BCUT2D eigenvalue weighted by Gasteiger charge is -2.49. The molecule has 0 aromatic rings. The van der Waals surface area contributed by atoms with Gasteiger partial charge in [0.2, 0.25) is 5.91 Å². The highest BCUT2D eigenvalue weighted by Gasteiger charge is 2.44. The molecule has 0 radical (unpaired) electrons. The maximum absolute atomic E-state index is 12.7. The van der Waals surface area contributed by atoms with Crippen LogP contribution in [0.5, 0.6) is 0 Å². The summed E-state index contributed by atoms with van der Waals surface area (Å²) in [5.41, 5.74) is 0.340. The van der Waals surface area contributed by atoms with Crippen molar-refractivity contribution in [2.45, 2.75) is 39.0 Å². The van der Waals surface area contributed by atoms with Crippen molar-refractivity contribution >= 4 is 17.7 Å². The van der Waals surface area contributed by atoms with Crippen molar-refractivity contribution in [1.29, 1.82) is 0 Å². The van der Waals surface area contributed by atoms with Gasteiger partial charge in [-0.1, -0.05) is 0 Å². The predicted octanol–water partition coefficient (Wildman–Crippen LogP) is 2.81. The second-order valence-corrected chi connectivity index (χ2v) is 8.48. The van der Waals surface area contributed by atoms with Crippen LogP contribution in [0.3, 0.4) is 0 Å². The molecule has 3 aliphatic heterocycles. The maximum atomic E-state index is 12.7. The van der Waals surface area contributed by atoms with E-state index in [1.807, 2.05) is 11.8 Å². The van der Waals surface area contributed by atoms with Crippen LogP contribution in [-0.2, 0) is 14.3 Å². The van der Waals surface area contributed by atoms with Gasteiger partial charge in [0, 0.05) is 38.1 Å². The molecule has 3 aliphatic rings. The van der Waals surface area contributed by atoms with Crippen LogP contribution in [-0.4, -0.2) is 61.8 Å². The van der Waals surface area contributed by atoms with E-state index in [4.69, 9.17) is 9.47 Å². The van der Waals surface area contributed by atoms with Crippen LogP contribution in [0, 0.1) is 17.3 Å². The van der Waals surface area contributed by atoms with E-state index in [9.17, 15) is 4.79 Å². The molecular formula is C18H31NO3S. The third-order valence-electron chi connectivity index (χ3n) is 6.09. The number of hydrogen-bond donors (Lipinski definition) is 0. The Kier molecular flexibility index (Phi) is 6.27. The number of hydrogen-bond acceptors (Lipinski definition) is 4. The lowest BCUT2D eigenvalue weighted by Crippen LogP contribution is -2.51. The summed E-state index contributed by atoms with van der Waals surface area (Å²) < 4.78 is 11.4. The molecule has 0 N–H and O–H groups in total. The lowest BCUT2D eigenvalue weighted by atomic mass is 9.66. The third-order valence-corrected chi connectivity index (χ3v) is 7.14. The normalized spacial score (nSPS) is 28.9. The van der Waals surface area contributed by atoms with E-state index >= 15 is 0 Å². The number of nitrogens with zero attached hydrogens (tertiary/aromatic N) is 1. The second-order valence-electron chi connectivity index (χ2n) is 7.26. The minimum Gasteiger partial charge on any atom is -0.381 e. The molecule has 3 saturated heterocycles. The van der Waals surface area contributed by atoms with Gasteiger partial charge in [-0.05, 0) is 55.9 Å². The van der Waals surface area contributed by atoms with Crippen molar-refractivity contribution in [1.82, 2.24) is 4.90 Å². The number of ether oxygens (including phenoxy) is 2. The van der Waals surface area contributed by atoms with Gasteiger partial charge < -0.3 is 14.4 Å². The van der Waals surface area contributed by atoms with E-state index < -0.39 is 0 Å². The van der Waals surface area contributed by atoms with E-state index in [1.165, 1.54) is 0 Å². The molecule has 23 heavy (non-hydrogen) atoms. The summed E-state index contributed by atoms with van der Waals surface area (Å²) >= 11 is 1.99. The first-order chi connectivity index (χ1) is 11.2. The number of rotatable bonds is 4. The van der Waals surface area contributed by atoms with Crippen LogP contribution in [0.2, 0.25) is 0 Å². The summed E-state index contributed by atoms with van der Waals surface area (Å²) in [6, 6.07) is 0. The van der Waals surface area contributed by atoms with Gasteiger partial charge in [0.05, 0.1) is 13.2 Å². The molecule has 4 nitrogen and oxygen atoms in total. The first-order valence-corrected chi connectivity index (χ1v) is 10.4. The summed E-state index contributed by atoms with van der Waals surface area (Å²) in [4.78, 5) is 14.9. The SMILES string of the molecule is CCOC[C@H]1COCCC12CCN(C(=O)C1CCSCC1)CC2. The summed E-state index contributed by atoms with van der Waals surface area (Å²) in [5.74, 6) is 3.52. The minimum atomic E-state index is 0.291. The van der Waals surface area contributed by atoms with E-state index in [1.54, 1.807) is 0 Å². The molecule has 0 aromatic carbocycles. The Bertz CT molecular complexity index is 390. The molecule has 1 atom stereocenters. The van der Waals surface area contributed by atoms with Crippen molar-refractivity contribution in [2.24, 2.45) is 17.3 Å². The van der Waals surface area contributed by atoms with Gasteiger partial charge in [0.25, 0.3) is 0 Å². The van der Waals surface area contributed by atoms with Crippen molar-refractivity contribution in [3.05, 3.63) is 0 Å². The monoisotopic (exact) mass is 341 g/mol. The molecule has 3 rings (SSSR count). The molecule has 3 fully saturated rings. The number of carbonyl (C=O) groups excluding carboxylic acids is 1. The average Bonchev–Trinajstić information content (AvgIpc) is 2.62. The highest BCUT2D eigenvalue weighted by molar-refractivity contribution is 7.99. The van der Waals surface area contributed by atoms with Crippen molar-refractivity contribution in [3.8, 4) is 0 Å². The zero-order chi connectivity index (χ0) is 16.1. The standard InChI is InChI=1S/C18H31NO3S/c1-2-21-13-16-14-22-10-7-18(16)5-8-19(9-6-18)17(20)15-3-11-23-12-4-15/h15-16H,2-14H2,1H3/t16-/m0/s1. The number of thioether (sulfide) groups is 1. The molecule has 3 heterocycles. The fraction of sp³-hybridized carbons (Fsp3) is 0.944. The van der Waals surface area contributed by atoms with E-state index in [0.29, 0.717) is 23.2 Å². The van der Waals surface area contributed by atoms with Gasteiger partial charge >= 0.3 is 0 Å². The number of likely N-dealkylation sites (tertiary alicyclic amines) is 1. The first-order valence-electron chi connectivity index (χ1n) is 9.27. The van der Waals surface area contributed by atoms with E-state index in [2.05, 4.69) is 11.8 Å². The Morgan fingerprint density at radius 1 is 1.26 bits per heavy atom. The number of carbonyl (C=O) groups is 1. The van der Waals surface area contributed by atoms with Crippen LogP contribution in [0.15, 0.2) is 0 Å². The maximum Gasteiger partial charge on any atom is 0.225 e. The number of amides is 1. The van der Waals surface area contributed by atoms with Gasteiger partial charge in [-0.15, -0.1) is 0 Å². The molecule has 5 heteroatoms. The van der Waals surface area contributed by atoms with Crippen LogP contribution in [0.4, 0.5) is 0 Å². The molecule has 1 spiro atoms. The van der Waals surface area contributed by atoms with Gasteiger partial charge in [-0.25, -0.2) is 0 Å². The third kappa shape index (κ3) is 4.05. The molecule has 0 unspecified atom stereocenters. The van der Waals surface area contributed by atoms with Crippen LogP contribution in [0.1, 0.15) is 39.0 Å². The number of piperidine rings is 1. The quantitative estimate of drug-likeness (QED) is 0.788. The minimum absolute atomic E-state index is 0.291. The summed E-state index contributed by atoms with van der Waals surface area (Å²) in [7, 11) is 0.